The van der Waals surface area contributed by atoms with Crippen LogP contribution in [0.25, 0.3) is 17.1 Å². The second-order valence-electron chi connectivity index (χ2n) is 3.86. The summed E-state index contributed by atoms with van der Waals surface area (Å²) < 4.78 is 2.04. The van der Waals surface area contributed by atoms with Crippen molar-refractivity contribution in [2.45, 2.75) is 13.3 Å². The first-order valence-corrected chi connectivity index (χ1v) is 5.48. The first-order valence-electron chi connectivity index (χ1n) is 5.48. The number of benzene rings is 1. The Morgan fingerprint density at radius 3 is 2.94 bits per heavy atom. The summed E-state index contributed by atoms with van der Waals surface area (Å²) in [4.78, 5) is 14.9. The third-order valence-electron chi connectivity index (χ3n) is 2.73. The Kier molecular flexibility index (Phi) is 2.95. The first-order chi connectivity index (χ1) is 8.11. The van der Waals surface area contributed by atoms with Crippen LogP contribution in [0, 0.1) is 0 Å². The van der Waals surface area contributed by atoms with Gasteiger partial charge in [0.05, 0.1) is 11.0 Å². The number of rotatable bonds is 3. The van der Waals surface area contributed by atoms with E-state index in [2.05, 4.69) is 11.9 Å². The summed E-state index contributed by atoms with van der Waals surface area (Å²) >= 11 is 0. The molecule has 2 aromatic rings. The molecule has 0 unspecified atom stereocenters. The molecule has 0 spiro atoms. The average molecular weight is 230 g/mol. The van der Waals surface area contributed by atoms with Crippen molar-refractivity contribution in [1.82, 2.24) is 9.55 Å². The standard InChI is InChI=1S/C13H14N2O2/c1-3-12-14-10-6-4-9(5-7-13(16)17)8-11(10)15(12)2/h4-8H,3H2,1-2H3,(H,16,17)/b7-5+. The maximum absolute atomic E-state index is 10.4. The molecule has 1 N–H and O–H groups in total. The number of carboxylic acid groups (broad SMARTS) is 1. The molecular formula is C13H14N2O2. The molecule has 1 heterocycles. The second kappa shape index (κ2) is 4.41. The van der Waals surface area contributed by atoms with E-state index in [1.165, 1.54) is 0 Å². The van der Waals surface area contributed by atoms with Crippen LogP contribution in [0.1, 0.15) is 18.3 Å². The number of aryl methyl sites for hydroxylation is 2. The minimum atomic E-state index is -0.940. The SMILES string of the molecule is CCc1nc2ccc(/C=C/C(=O)O)cc2n1C. The molecule has 0 bridgehead atoms. The molecule has 0 saturated heterocycles. The zero-order valence-electron chi connectivity index (χ0n) is 9.84. The highest BCUT2D eigenvalue weighted by atomic mass is 16.4. The van der Waals surface area contributed by atoms with Crippen molar-refractivity contribution in [3.05, 3.63) is 35.7 Å². The lowest BCUT2D eigenvalue weighted by Gasteiger charge is -1.99. The maximum atomic E-state index is 10.4. The number of imidazole rings is 1. The van der Waals surface area contributed by atoms with E-state index in [1.807, 2.05) is 29.8 Å². The van der Waals surface area contributed by atoms with Crippen molar-refractivity contribution >= 4 is 23.1 Å². The van der Waals surface area contributed by atoms with E-state index in [9.17, 15) is 4.79 Å². The summed E-state index contributed by atoms with van der Waals surface area (Å²) in [6.45, 7) is 2.06. The van der Waals surface area contributed by atoms with Gasteiger partial charge in [-0.3, -0.25) is 0 Å². The highest BCUT2D eigenvalue weighted by molar-refractivity contribution is 5.87. The molecule has 1 aromatic carbocycles. The smallest absolute Gasteiger partial charge is 0.328 e. The van der Waals surface area contributed by atoms with Crippen molar-refractivity contribution in [3.8, 4) is 0 Å². The molecule has 0 aliphatic heterocycles. The van der Waals surface area contributed by atoms with E-state index >= 15 is 0 Å². The van der Waals surface area contributed by atoms with Gasteiger partial charge in [-0.2, -0.15) is 0 Å². The van der Waals surface area contributed by atoms with E-state index in [-0.39, 0.29) is 0 Å². The predicted octanol–water partition coefficient (Wildman–Crippen LogP) is 2.23. The van der Waals surface area contributed by atoms with Crippen LogP contribution < -0.4 is 0 Å². The lowest BCUT2D eigenvalue weighted by atomic mass is 10.2. The van der Waals surface area contributed by atoms with Crippen LogP contribution in [0.15, 0.2) is 24.3 Å². The second-order valence-corrected chi connectivity index (χ2v) is 3.86. The number of hydrogen-bond acceptors (Lipinski definition) is 2. The molecule has 4 heteroatoms. The monoisotopic (exact) mass is 230 g/mol. The van der Waals surface area contributed by atoms with Crippen molar-refractivity contribution in [2.75, 3.05) is 0 Å². The number of nitrogens with zero attached hydrogens (tertiary/aromatic N) is 2. The summed E-state index contributed by atoms with van der Waals surface area (Å²) in [6, 6.07) is 5.73. The van der Waals surface area contributed by atoms with Crippen LogP contribution in [0.2, 0.25) is 0 Å². The van der Waals surface area contributed by atoms with E-state index in [0.717, 1.165) is 34.9 Å². The predicted molar refractivity (Wildman–Crippen MR) is 66.8 cm³/mol. The molecule has 0 aliphatic rings. The van der Waals surface area contributed by atoms with Crippen LogP contribution in [0.5, 0.6) is 0 Å². The van der Waals surface area contributed by atoms with Gasteiger partial charge in [-0.1, -0.05) is 13.0 Å². The molecule has 4 nitrogen and oxygen atoms in total. The Morgan fingerprint density at radius 1 is 1.53 bits per heavy atom. The number of aromatic nitrogens is 2. The fraction of sp³-hybridized carbons (Fsp3) is 0.231. The number of carbonyl (C=O) groups is 1. The van der Waals surface area contributed by atoms with Gasteiger partial charge in [0.25, 0.3) is 0 Å². The molecule has 0 amide bonds. The molecule has 17 heavy (non-hydrogen) atoms. The molecule has 0 aliphatic carbocycles. The lowest BCUT2D eigenvalue weighted by Crippen LogP contribution is -1.94. The van der Waals surface area contributed by atoms with Gasteiger partial charge in [0.1, 0.15) is 5.82 Å². The topological polar surface area (TPSA) is 55.1 Å². The fourth-order valence-corrected chi connectivity index (χ4v) is 1.84. The zero-order chi connectivity index (χ0) is 12.4. The molecule has 0 atom stereocenters. The highest BCUT2D eigenvalue weighted by Crippen LogP contribution is 2.17. The highest BCUT2D eigenvalue weighted by Gasteiger charge is 2.05. The minimum absolute atomic E-state index is 0.866. The third-order valence-corrected chi connectivity index (χ3v) is 2.73. The fourth-order valence-electron chi connectivity index (χ4n) is 1.84. The van der Waals surface area contributed by atoms with Crippen LogP contribution >= 0.6 is 0 Å². The Bertz CT molecular complexity index is 597. The lowest BCUT2D eigenvalue weighted by molar-refractivity contribution is -0.131. The minimum Gasteiger partial charge on any atom is -0.478 e. The van der Waals surface area contributed by atoms with Crippen LogP contribution in [0.4, 0.5) is 0 Å². The zero-order valence-corrected chi connectivity index (χ0v) is 9.84. The van der Waals surface area contributed by atoms with E-state index in [0.29, 0.717) is 0 Å². The van der Waals surface area contributed by atoms with E-state index in [1.54, 1.807) is 6.08 Å². The number of carboxylic acids is 1. The normalized spacial score (nSPS) is 11.4. The summed E-state index contributed by atoms with van der Waals surface area (Å²) in [7, 11) is 1.97. The van der Waals surface area contributed by atoms with Crippen LogP contribution in [-0.2, 0) is 18.3 Å². The Hall–Kier alpha value is -2.10. The van der Waals surface area contributed by atoms with Gasteiger partial charge in [0.15, 0.2) is 0 Å². The van der Waals surface area contributed by atoms with Gasteiger partial charge >= 0.3 is 5.97 Å². The Morgan fingerprint density at radius 2 is 2.29 bits per heavy atom. The van der Waals surface area contributed by atoms with Gasteiger partial charge in [0, 0.05) is 19.5 Å². The quantitative estimate of drug-likeness (QED) is 0.823. The van der Waals surface area contributed by atoms with Gasteiger partial charge in [0.2, 0.25) is 0 Å². The number of aliphatic carboxylic acids is 1. The molecule has 88 valence electrons. The van der Waals surface area contributed by atoms with Gasteiger partial charge in [-0.05, 0) is 23.8 Å². The van der Waals surface area contributed by atoms with E-state index < -0.39 is 5.97 Å². The van der Waals surface area contributed by atoms with Crippen LogP contribution in [0.3, 0.4) is 0 Å². The summed E-state index contributed by atoms with van der Waals surface area (Å²) in [5.41, 5.74) is 2.83. The summed E-state index contributed by atoms with van der Waals surface area (Å²) in [6.07, 6.45) is 3.60. The van der Waals surface area contributed by atoms with Crippen molar-refractivity contribution in [1.29, 1.82) is 0 Å². The first kappa shape index (κ1) is 11.4. The summed E-state index contributed by atoms with van der Waals surface area (Å²) in [5, 5.41) is 8.58. The van der Waals surface area contributed by atoms with Crippen molar-refractivity contribution < 1.29 is 9.90 Å². The largest absolute Gasteiger partial charge is 0.478 e. The van der Waals surface area contributed by atoms with Gasteiger partial charge < -0.3 is 9.67 Å². The Balaban J connectivity index is 2.49. The van der Waals surface area contributed by atoms with Gasteiger partial charge in [-0.25, -0.2) is 9.78 Å². The van der Waals surface area contributed by atoms with Crippen LogP contribution in [-0.4, -0.2) is 20.6 Å². The summed E-state index contributed by atoms with van der Waals surface area (Å²) in [5.74, 6) is 0.0868. The molecule has 0 fully saturated rings. The average Bonchev–Trinajstić information content (AvgIpc) is 2.63. The third kappa shape index (κ3) is 2.20. The Labute approximate surface area is 99.2 Å². The maximum Gasteiger partial charge on any atom is 0.328 e. The number of hydrogen-bond donors (Lipinski definition) is 1. The molecule has 0 saturated carbocycles. The van der Waals surface area contributed by atoms with E-state index in [4.69, 9.17) is 5.11 Å². The molecule has 0 radical (unpaired) electrons. The molecule has 1 aromatic heterocycles. The van der Waals surface area contributed by atoms with Crippen molar-refractivity contribution in [2.24, 2.45) is 7.05 Å². The molecular weight excluding hydrogens is 216 g/mol. The van der Waals surface area contributed by atoms with Gasteiger partial charge in [-0.15, -0.1) is 0 Å². The molecule has 2 rings (SSSR count). The van der Waals surface area contributed by atoms with Crippen molar-refractivity contribution in [3.63, 3.8) is 0 Å². The number of fused-ring (bicyclic) bond motifs is 1.